The van der Waals surface area contributed by atoms with Crippen LogP contribution in [-0.2, 0) is 12.8 Å². The molecule has 0 atom stereocenters. The SMILES string of the molecule is C=CCOc1ccc2c(F)c(CCc3ccc(C4CCC(/C=C/CCC)CC4)cc3)ccc2c1. The van der Waals surface area contributed by atoms with E-state index in [0.29, 0.717) is 24.3 Å². The van der Waals surface area contributed by atoms with E-state index < -0.39 is 0 Å². The average Bonchev–Trinajstić information content (AvgIpc) is 2.88. The van der Waals surface area contributed by atoms with E-state index in [2.05, 4.69) is 49.9 Å². The van der Waals surface area contributed by atoms with Crippen LogP contribution in [0, 0.1) is 11.7 Å². The number of allylic oxidation sites excluding steroid dienone is 2. The third-order valence-corrected chi connectivity index (χ3v) is 7.14. The van der Waals surface area contributed by atoms with Gasteiger partial charge in [-0.1, -0.05) is 74.5 Å². The number of aryl methyl sites for hydroxylation is 2. The van der Waals surface area contributed by atoms with E-state index in [1.807, 2.05) is 30.3 Å². The van der Waals surface area contributed by atoms with Crippen LogP contribution < -0.4 is 4.74 Å². The lowest BCUT2D eigenvalue weighted by Crippen LogP contribution is -2.11. The highest BCUT2D eigenvalue weighted by Gasteiger charge is 2.20. The van der Waals surface area contributed by atoms with Gasteiger partial charge in [-0.2, -0.15) is 0 Å². The molecular weight excluding hydrogens is 419 g/mol. The van der Waals surface area contributed by atoms with Crippen LogP contribution in [0.5, 0.6) is 5.75 Å². The molecule has 3 aromatic rings. The lowest BCUT2D eigenvalue weighted by molar-refractivity contribution is 0.364. The molecular formula is C32H37FO. The third-order valence-electron chi connectivity index (χ3n) is 7.14. The summed E-state index contributed by atoms with van der Waals surface area (Å²) in [6.45, 7) is 6.35. The number of benzene rings is 3. The fraction of sp³-hybridized carbons (Fsp3) is 0.375. The number of hydrogen-bond donors (Lipinski definition) is 0. The van der Waals surface area contributed by atoms with Crippen molar-refractivity contribution in [2.75, 3.05) is 6.61 Å². The lowest BCUT2D eigenvalue weighted by Gasteiger charge is -2.27. The first-order valence-corrected chi connectivity index (χ1v) is 12.9. The number of hydrogen-bond acceptors (Lipinski definition) is 1. The normalized spacial score (nSPS) is 18.4. The molecule has 1 aliphatic rings. The third kappa shape index (κ3) is 6.17. The van der Waals surface area contributed by atoms with Gasteiger partial charge in [-0.05, 0) is 97.1 Å². The molecule has 0 saturated heterocycles. The van der Waals surface area contributed by atoms with Gasteiger partial charge < -0.3 is 4.74 Å². The standard InChI is InChI=1S/C32H37FO/c1-3-5-6-7-24-8-13-26(14-9-24)27-15-10-25(11-16-27)12-17-28-18-19-29-23-30(34-22-4-2)20-21-31(29)32(28)33/h4,6-7,10-11,15-16,18-21,23-24,26H,2-3,5,8-9,12-14,17,22H2,1H3/b7-6+. The molecule has 3 aromatic carbocycles. The second kappa shape index (κ2) is 12.0. The smallest absolute Gasteiger partial charge is 0.134 e. The van der Waals surface area contributed by atoms with Crippen LogP contribution in [0.1, 0.15) is 68.1 Å². The first kappa shape index (κ1) is 24.3. The number of rotatable bonds is 10. The minimum atomic E-state index is -0.117. The highest BCUT2D eigenvalue weighted by molar-refractivity contribution is 5.85. The van der Waals surface area contributed by atoms with Crippen molar-refractivity contribution < 1.29 is 9.13 Å². The molecule has 1 nitrogen and oxygen atoms in total. The molecule has 1 aliphatic carbocycles. The Morgan fingerprint density at radius 3 is 2.50 bits per heavy atom. The fourth-order valence-corrected chi connectivity index (χ4v) is 5.09. The van der Waals surface area contributed by atoms with Crippen molar-refractivity contribution in [1.82, 2.24) is 0 Å². The minimum Gasteiger partial charge on any atom is -0.490 e. The highest BCUT2D eigenvalue weighted by Crippen LogP contribution is 2.36. The Balaban J connectivity index is 1.33. The van der Waals surface area contributed by atoms with Crippen LogP contribution in [0.4, 0.5) is 4.39 Å². The second-order valence-corrected chi connectivity index (χ2v) is 9.59. The van der Waals surface area contributed by atoms with E-state index in [9.17, 15) is 0 Å². The van der Waals surface area contributed by atoms with Crippen LogP contribution in [0.15, 0.2) is 79.4 Å². The molecule has 0 bridgehead atoms. The van der Waals surface area contributed by atoms with Crippen LogP contribution in [-0.4, -0.2) is 6.61 Å². The summed E-state index contributed by atoms with van der Waals surface area (Å²) in [6.07, 6.45) is 15.7. The van der Waals surface area contributed by atoms with Gasteiger partial charge in [0.1, 0.15) is 18.2 Å². The molecule has 0 heterocycles. The van der Waals surface area contributed by atoms with E-state index >= 15 is 4.39 Å². The topological polar surface area (TPSA) is 9.23 Å². The molecule has 0 N–H and O–H groups in total. The maximum Gasteiger partial charge on any atom is 0.134 e. The van der Waals surface area contributed by atoms with Crippen molar-refractivity contribution >= 4 is 10.8 Å². The van der Waals surface area contributed by atoms with E-state index in [1.54, 1.807) is 6.08 Å². The number of halogens is 1. The lowest BCUT2D eigenvalue weighted by atomic mass is 9.78. The monoisotopic (exact) mass is 456 g/mol. The van der Waals surface area contributed by atoms with Gasteiger partial charge >= 0.3 is 0 Å². The van der Waals surface area contributed by atoms with Gasteiger partial charge in [0, 0.05) is 5.39 Å². The molecule has 178 valence electrons. The molecule has 0 spiro atoms. The maximum absolute atomic E-state index is 15.1. The van der Waals surface area contributed by atoms with Gasteiger partial charge in [0.25, 0.3) is 0 Å². The molecule has 0 amide bonds. The summed E-state index contributed by atoms with van der Waals surface area (Å²) in [7, 11) is 0. The molecule has 34 heavy (non-hydrogen) atoms. The Labute approximate surface area is 204 Å². The first-order valence-electron chi connectivity index (χ1n) is 12.9. The Morgan fingerprint density at radius 2 is 1.76 bits per heavy atom. The van der Waals surface area contributed by atoms with Crippen molar-refractivity contribution in [2.24, 2.45) is 5.92 Å². The molecule has 0 aliphatic heterocycles. The Kier molecular flexibility index (Phi) is 8.57. The maximum atomic E-state index is 15.1. The van der Waals surface area contributed by atoms with Crippen molar-refractivity contribution in [3.05, 3.63) is 102 Å². The van der Waals surface area contributed by atoms with Crippen molar-refractivity contribution in [2.45, 2.75) is 64.2 Å². The van der Waals surface area contributed by atoms with Gasteiger partial charge in [0.2, 0.25) is 0 Å². The van der Waals surface area contributed by atoms with Crippen LogP contribution in [0.3, 0.4) is 0 Å². The molecule has 0 radical (unpaired) electrons. The van der Waals surface area contributed by atoms with Crippen LogP contribution in [0.2, 0.25) is 0 Å². The van der Waals surface area contributed by atoms with E-state index in [0.717, 1.165) is 29.0 Å². The molecule has 1 saturated carbocycles. The molecule has 0 unspecified atom stereocenters. The molecule has 0 aromatic heterocycles. The second-order valence-electron chi connectivity index (χ2n) is 9.59. The summed E-state index contributed by atoms with van der Waals surface area (Å²) < 4.78 is 20.7. The van der Waals surface area contributed by atoms with Gasteiger partial charge in [0.15, 0.2) is 0 Å². The number of ether oxygens (including phenoxy) is 1. The van der Waals surface area contributed by atoms with Crippen molar-refractivity contribution in [3.8, 4) is 5.75 Å². The summed E-state index contributed by atoms with van der Waals surface area (Å²) in [5.41, 5.74) is 3.50. The first-order chi connectivity index (χ1) is 16.7. The Morgan fingerprint density at radius 1 is 0.971 bits per heavy atom. The van der Waals surface area contributed by atoms with E-state index in [1.165, 1.54) is 49.7 Å². The quantitative estimate of drug-likeness (QED) is 0.277. The van der Waals surface area contributed by atoms with Gasteiger partial charge in [-0.25, -0.2) is 4.39 Å². The van der Waals surface area contributed by atoms with Gasteiger partial charge in [-0.3, -0.25) is 0 Å². The van der Waals surface area contributed by atoms with Crippen molar-refractivity contribution in [3.63, 3.8) is 0 Å². The summed E-state index contributed by atoms with van der Waals surface area (Å²) in [5, 5.41) is 1.52. The van der Waals surface area contributed by atoms with E-state index in [4.69, 9.17) is 4.74 Å². The minimum absolute atomic E-state index is 0.117. The molecule has 4 rings (SSSR count). The van der Waals surface area contributed by atoms with Gasteiger partial charge in [0.05, 0.1) is 0 Å². The Hall–Kier alpha value is -2.87. The summed E-state index contributed by atoms with van der Waals surface area (Å²) in [4.78, 5) is 0. The summed E-state index contributed by atoms with van der Waals surface area (Å²) in [6, 6.07) is 18.5. The number of fused-ring (bicyclic) bond motifs is 1. The van der Waals surface area contributed by atoms with Crippen molar-refractivity contribution in [1.29, 1.82) is 0 Å². The number of unbranched alkanes of at least 4 members (excludes halogenated alkanes) is 1. The van der Waals surface area contributed by atoms with Crippen LogP contribution >= 0.6 is 0 Å². The predicted octanol–water partition coefficient (Wildman–Crippen LogP) is 8.96. The van der Waals surface area contributed by atoms with E-state index in [-0.39, 0.29) is 5.82 Å². The summed E-state index contributed by atoms with van der Waals surface area (Å²) in [5.74, 6) is 2.07. The molecule has 2 heteroatoms. The zero-order valence-electron chi connectivity index (χ0n) is 20.4. The largest absolute Gasteiger partial charge is 0.490 e. The molecule has 1 fully saturated rings. The zero-order valence-corrected chi connectivity index (χ0v) is 20.4. The fourth-order valence-electron chi connectivity index (χ4n) is 5.09. The average molecular weight is 457 g/mol. The van der Waals surface area contributed by atoms with Crippen LogP contribution in [0.25, 0.3) is 10.8 Å². The zero-order chi connectivity index (χ0) is 23.8. The predicted molar refractivity (Wildman–Crippen MR) is 142 cm³/mol. The highest BCUT2D eigenvalue weighted by atomic mass is 19.1. The summed E-state index contributed by atoms with van der Waals surface area (Å²) >= 11 is 0. The Bertz CT molecular complexity index is 1100. The van der Waals surface area contributed by atoms with Gasteiger partial charge in [-0.15, -0.1) is 0 Å².